The Labute approximate surface area is 114 Å². The summed E-state index contributed by atoms with van der Waals surface area (Å²) in [5, 5.41) is 15.6. The molecule has 3 N–H and O–H groups in total. The number of nitrogens with one attached hydrogen (secondary N) is 2. The Kier molecular flexibility index (Phi) is 4.93. The van der Waals surface area contributed by atoms with Crippen molar-refractivity contribution in [3.63, 3.8) is 0 Å². The first-order valence-corrected chi connectivity index (χ1v) is 6.90. The fourth-order valence-corrected chi connectivity index (χ4v) is 2.50. The van der Waals surface area contributed by atoms with Gasteiger partial charge in [-0.1, -0.05) is 37.3 Å². The van der Waals surface area contributed by atoms with Crippen LogP contribution in [0.2, 0.25) is 0 Å². The number of aliphatic hydroxyl groups excluding tert-OH is 1. The van der Waals surface area contributed by atoms with Crippen molar-refractivity contribution in [2.24, 2.45) is 5.92 Å². The zero-order valence-corrected chi connectivity index (χ0v) is 11.3. The standard InChI is InChI=1S/C15H22N2O2/c1-11-7-8-16-13(9-11)15(19)17-14(10-18)12-5-3-2-4-6-12/h2-6,11,13-14,16,18H,7-10H2,1H3,(H,17,19)/t11?,13?,14-/m0/s1. The number of amides is 1. The summed E-state index contributed by atoms with van der Waals surface area (Å²) >= 11 is 0. The highest BCUT2D eigenvalue weighted by Crippen LogP contribution is 2.17. The molecule has 4 heteroatoms. The van der Waals surface area contributed by atoms with Crippen LogP contribution >= 0.6 is 0 Å². The van der Waals surface area contributed by atoms with Crippen LogP contribution in [0.15, 0.2) is 30.3 Å². The van der Waals surface area contributed by atoms with Gasteiger partial charge in [0.2, 0.25) is 5.91 Å². The van der Waals surface area contributed by atoms with E-state index in [4.69, 9.17) is 0 Å². The molecular formula is C15H22N2O2. The Morgan fingerprint density at radius 1 is 1.47 bits per heavy atom. The van der Waals surface area contributed by atoms with Crippen LogP contribution in [0.1, 0.15) is 31.4 Å². The van der Waals surface area contributed by atoms with Crippen molar-refractivity contribution < 1.29 is 9.90 Å². The molecule has 1 heterocycles. The molecular weight excluding hydrogens is 240 g/mol. The average molecular weight is 262 g/mol. The third-order valence-electron chi connectivity index (χ3n) is 3.68. The predicted octanol–water partition coefficient (Wildman–Crippen LogP) is 1.22. The lowest BCUT2D eigenvalue weighted by atomic mass is 9.93. The first-order chi connectivity index (χ1) is 9.20. The Morgan fingerprint density at radius 3 is 2.84 bits per heavy atom. The Bertz CT molecular complexity index is 408. The molecule has 0 radical (unpaired) electrons. The molecule has 1 saturated heterocycles. The summed E-state index contributed by atoms with van der Waals surface area (Å²) in [6.45, 7) is 2.97. The van der Waals surface area contributed by atoms with Gasteiger partial charge in [0.05, 0.1) is 18.7 Å². The Balaban J connectivity index is 1.96. The van der Waals surface area contributed by atoms with Crippen LogP contribution in [0, 0.1) is 5.92 Å². The summed E-state index contributed by atoms with van der Waals surface area (Å²) in [6.07, 6.45) is 1.98. The third kappa shape index (κ3) is 3.78. The largest absolute Gasteiger partial charge is 0.394 e. The fraction of sp³-hybridized carbons (Fsp3) is 0.533. The van der Waals surface area contributed by atoms with E-state index in [0.717, 1.165) is 24.9 Å². The highest BCUT2D eigenvalue weighted by atomic mass is 16.3. The molecule has 0 aliphatic carbocycles. The van der Waals surface area contributed by atoms with Gasteiger partial charge in [-0.15, -0.1) is 0 Å². The van der Waals surface area contributed by atoms with Crippen LogP contribution in [0.3, 0.4) is 0 Å². The number of rotatable bonds is 4. The van der Waals surface area contributed by atoms with Crippen molar-refractivity contribution in [2.75, 3.05) is 13.2 Å². The number of benzene rings is 1. The van der Waals surface area contributed by atoms with Gasteiger partial charge in [0.1, 0.15) is 0 Å². The van der Waals surface area contributed by atoms with Crippen LogP contribution < -0.4 is 10.6 Å². The Hall–Kier alpha value is -1.39. The van der Waals surface area contributed by atoms with Gasteiger partial charge in [-0.2, -0.15) is 0 Å². The van der Waals surface area contributed by atoms with Crippen molar-refractivity contribution >= 4 is 5.91 Å². The third-order valence-corrected chi connectivity index (χ3v) is 3.68. The normalized spacial score (nSPS) is 24.7. The number of carbonyl (C=O) groups excluding carboxylic acids is 1. The van der Waals surface area contributed by atoms with Gasteiger partial charge >= 0.3 is 0 Å². The van der Waals surface area contributed by atoms with Gasteiger partial charge in [-0.05, 0) is 30.9 Å². The molecule has 2 unspecified atom stereocenters. The van der Waals surface area contributed by atoms with Gasteiger partial charge in [0.15, 0.2) is 0 Å². The highest BCUT2D eigenvalue weighted by Gasteiger charge is 2.26. The molecule has 1 amide bonds. The van der Waals surface area contributed by atoms with Crippen LogP contribution in [0.25, 0.3) is 0 Å². The lowest BCUT2D eigenvalue weighted by Crippen LogP contribution is -2.49. The van der Waals surface area contributed by atoms with E-state index in [-0.39, 0.29) is 24.6 Å². The molecule has 1 aliphatic heterocycles. The minimum Gasteiger partial charge on any atom is -0.394 e. The average Bonchev–Trinajstić information content (AvgIpc) is 2.45. The van der Waals surface area contributed by atoms with Crippen LogP contribution in [-0.2, 0) is 4.79 Å². The lowest BCUT2D eigenvalue weighted by molar-refractivity contribution is -0.125. The smallest absolute Gasteiger partial charge is 0.237 e. The van der Waals surface area contributed by atoms with Gasteiger partial charge in [0.25, 0.3) is 0 Å². The number of hydrogen-bond acceptors (Lipinski definition) is 3. The zero-order valence-electron chi connectivity index (χ0n) is 11.3. The molecule has 0 saturated carbocycles. The molecule has 0 bridgehead atoms. The first kappa shape index (κ1) is 14.0. The highest BCUT2D eigenvalue weighted by molar-refractivity contribution is 5.82. The maximum absolute atomic E-state index is 12.2. The summed E-state index contributed by atoms with van der Waals surface area (Å²) in [5.74, 6) is 0.552. The second-order valence-corrected chi connectivity index (χ2v) is 5.29. The second-order valence-electron chi connectivity index (χ2n) is 5.29. The number of piperidine rings is 1. The summed E-state index contributed by atoms with van der Waals surface area (Å²) in [4.78, 5) is 12.2. The summed E-state index contributed by atoms with van der Waals surface area (Å²) < 4.78 is 0. The predicted molar refractivity (Wildman–Crippen MR) is 74.6 cm³/mol. The van der Waals surface area contributed by atoms with Gasteiger partial charge < -0.3 is 15.7 Å². The molecule has 0 aromatic heterocycles. The van der Waals surface area contributed by atoms with Crippen molar-refractivity contribution in [3.05, 3.63) is 35.9 Å². The molecule has 19 heavy (non-hydrogen) atoms. The van der Waals surface area contributed by atoms with Crippen LogP contribution in [0.4, 0.5) is 0 Å². The van der Waals surface area contributed by atoms with E-state index in [0.29, 0.717) is 5.92 Å². The molecule has 1 aliphatic rings. The molecule has 1 aromatic carbocycles. The van der Waals surface area contributed by atoms with E-state index < -0.39 is 0 Å². The summed E-state index contributed by atoms with van der Waals surface area (Å²) in [5.41, 5.74) is 0.933. The van der Waals surface area contributed by atoms with Gasteiger partial charge in [-0.25, -0.2) is 0 Å². The van der Waals surface area contributed by atoms with E-state index in [1.54, 1.807) is 0 Å². The van der Waals surface area contributed by atoms with E-state index in [9.17, 15) is 9.90 Å². The van der Waals surface area contributed by atoms with Crippen molar-refractivity contribution in [3.8, 4) is 0 Å². The monoisotopic (exact) mass is 262 g/mol. The fourth-order valence-electron chi connectivity index (χ4n) is 2.50. The number of carbonyl (C=O) groups is 1. The Morgan fingerprint density at radius 2 is 2.21 bits per heavy atom. The minimum absolute atomic E-state index is 0.0190. The first-order valence-electron chi connectivity index (χ1n) is 6.90. The maximum atomic E-state index is 12.2. The zero-order chi connectivity index (χ0) is 13.7. The van der Waals surface area contributed by atoms with Crippen molar-refractivity contribution in [2.45, 2.75) is 31.8 Å². The molecule has 4 nitrogen and oxygen atoms in total. The topological polar surface area (TPSA) is 61.4 Å². The molecule has 104 valence electrons. The summed E-state index contributed by atoms with van der Waals surface area (Å²) in [6, 6.07) is 9.10. The van der Waals surface area contributed by atoms with Crippen molar-refractivity contribution in [1.29, 1.82) is 0 Å². The quantitative estimate of drug-likeness (QED) is 0.764. The molecule has 3 atom stereocenters. The molecule has 0 spiro atoms. The lowest BCUT2D eigenvalue weighted by Gasteiger charge is -2.28. The van der Waals surface area contributed by atoms with Crippen LogP contribution in [0.5, 0.6) is 0 Å². The second kappa shape index (κ2) is 6.68. The van der Waals surface area contributed by atoms with Crippen LogP contribution in [-0.4, -0.2) is 30.2 Å². The van der Waals surface area contributed by atoms with Gasteiger partial charge in [-0.3, -0.25) is 4.79 Å². The van der Waals surface area contributed by atoms with Crippen molar-refractivity contribution in [1.82, 2.24) is 10.6 Å². The number of aliphatic hydroxyl groups is 1. The van der Waals surface area contributed by atoms with E-state index in [1.807, 2.05) is 30.3 Å². The van der Waals surface area contributed by atoms with E-state index >= 15 is 0 Å². The molecule has 2 rings (SSSR count). The van der Waals surface area contributed by atoms with E-state index in [1.165, 1.54) is 0 Å². The minimum atomic E-state index is -0.326. The summed E-state index contributed by atoms with van der Waals surface area (Å²) in [7, 11) is 0. The number of hydrogen-bond donors (Lipinski definition) is 3. The van der Waals surface area contributed by atoms with Gasteiger partial charge in [0, 0.05) is 0 Å². The molecule has 1 aromatic rings. The molecule has 1 fully saturated rings. The SMILES string of the molecule is CC1CCNC(C(=O)N[C@@H](CO)c2ccccc2)C1. The maximum Gasteiger partial charge on any atom is 0.237 e. The van der Waals surface area contributed by atoms with E-state index in [2.05, 4.69) is 17.6 Å².